The number of anilines is 1. The van der Waals surface area contributed by atoms with Crippen LogP contribution in [0.25, 0.3) is 0 Å². The number of hydrogen-bond acceptors (Lipinski definition) is 4. The van der Waals surface area contributed by atoms with Gasteiger partial charge in [0, 0.05) is 6.54 Å². The van der Waals surface area contributed by atoms with Crippen molar-refractivity contribution >= 4 is 41.5 Å². The van der Waals surface area contributed by atoms with Crippen molar-refractivity contribution in [1.29, 1.82) is 0 Å². The normalized spacial score (nSPS) is 12.3. The number of halogens is 2. The molecule has 88 valence electrons. The summed E-state index contributed by atoms with van der Waals surface area (Å²) in [6.07, 6.45) is -0.680. The fourth-order valence-electron chi connectivity index (χ4n) is 1.12. The molecule has 0 aliphatic carbocycles. The largest absolute Gasteiger partial charge is 0.488 e. The van der Waals surface area contributed by atoms with E-state index >= 15 is 0 Å². The van der Waals surface area contributed by atoms with Crippen molar-refractivity contribution in [2.75, 3.05) is 17.7 Å². The molecule has 0 heterocycles. The molecule has 1 atom stereocenters. The van der Waals surface area contributed by atoms with Gasteiger partial charge in [-0.1, -0.05) is 17.7 Å². The molecule has 0 bridgehead atoms. The standard InChI is InChI=1S/C9H12BCl2NO3/c11-4-7(14)5-13-9-3-6(10(15)16)1-2-8(9)12/h1-3,7,13-16H,4-5H2. The summed E-state index contributed by atoms with van der Waals surface area (Å²) in [5.41, 5.74) is 0.851. The van der Waals surface area contributed by atoms with E-state index in [1.165, 1.54) is 12.1 Å². The van der Waals surface area contributed by atoms with Crippen LogP contribution in [-0.4, -0.2) is 40.8 Å². The van der Waals surface area contributed by atoms with Gasteiger partial charge in [0.15, 0.2) is 0 Å². The minimum atomic E-state index is -1.55. The molecule has 0 spiro atoms. The second-order valence-electron chi connectivity index (χ2n) is 3.30. The van der Waals surface area contributed by atoms with Gasteiger partial charge >= 0.3 is 7.12 Å². The van der Waals surface area contributed by atoms with Crippen molar-refractivity contribution in [3.63, 3.8) is 0 Å². The molecule has 0 amide bonds. The number of hydrogen-bond donors (Lipinski definition) is 4. The molecule has 0 fully saturated rings. The molecule has 1 aromatic carbocycles. The molecule has 4 N–H and O–H groups in total. The lowest BCUT2D eigenvalue weighted by molar-refractivity contribution is 0.211. The SMILES string of the molecule is OB(O)c1ccc(Cl)c(NCC(O)CCl)c1. The van der Waals surface area contributed by atoms with Gasteiger partial charge in [-0.3, -0.25) is 0 Å². The number of aliphatic hydroxyl groups excluding tert-OH is 1. The quantitative estimate of drug-likeness (QED) is 0.447. The number of aliphatic hydroxyl groups is 1. The van der Waals surface area contributed by atoms with E-state index in [4.69, 9.17) is 33.2 Å². The van der Waals surface area contributed by atoms with Crippen LogP contribution in [0, 0.1) is 0 Å². The summed E-state index contributed by atoms with van der Waals surface area (Å²) >= 11 is 11.3. The Morgan fingerprint density at radius 2 is 2.06 bits per heavy atom. The van der Waals surface area contributed by atoms with Gasteiger partial charge in [-0.25, -0.2) is 0 Å². The van der Waals surface area contributed by atoms with Crippen LogP contribution in [0.15, 0.2) is 18.2 Å². The molecule has 0 saturated carbocycles. The lowest BCUT2D eigenvalue weighted by atomic mass is 9.80. The highest BCUT2D eigenvalue weighted by atomic mass is 35.5. The highest BCUT2D eigenvalue weighted by Gasteiger charge is 2.13. The molecule has 0 aliphatic rings. The Bertz CT molecular complexity index is 352. The van der Waals surface area contributed by atoms with E-state index in [9.17, 15) is 5.11 Å². The number of alkyl halides is 1. The molecule has 0 aromatic heterocycles. The smallest absolute Gasteiger partial charge is 0.423 e. The van der Waals surface area contributed by atoms with Crippen molar-refractivity contribution < 1.29 is 15.2 Å². The second-order valence-corrected chi connectivity index (χ2v) is 4.02. The molecule has 1 unspecified atom stereocenters. The van der Waals surface area contributed by atoms with Crippen molar-refractivity contribution in [1.82, 2.24) is 0 Å². The Kier molecular flexibility index (Phi) is 5.38. The minimum Gasteiger partial charge on any atom is -0.423 e. The maximum Gasteiger partial charge on any atom is 0.488 e. The summed E-state index contributed by atoms with van der Waals surface area (Å²) < 4.78 is 0. The van der Waals surface area contributed by atoms with Crippen LogP contribution >= 0.6 is 23.2 Å². The summed E-state index contributed by atoms with van der Waals surface area (Å²) in [6, 6.07) is 4.57. The Labute approximate surface area is 104 Å². The third-order valence-corrected chi connectivity index (χ3v) is 2.68. The first-order valence-corrected chi connectivity index (χ1v) is 5.59. The average molecular weight is 264 g/mol. The van der Waals surface area contributed by atoms with Gasteiger partial charge < -0.3 is 20.5 Å². The molecule has 1 rings (SSSR count). The second kappa shape index (κ2) is 6.32. The summed E-state index contributed by atoms with van der Waals surface area (Å²) in [5.74, 6) is 0.118. The van der Waals surface area contributed by atoms with E-state index in [-0.39, 0.29) is 12.4 Å². The van der Waals surface area contributed by atoms with Gasteiger partial charge in [0.25, 0.3) is 0 Å². The van der Waals surface area contributed by atoms with Crippen LogP contribution < -0.4 is 10.8 Å². The topological polar surface area (TPSA) is 72.7 Å². The number of benzene rings is 1. The summed E-state index contributed by atoms with van der Waals surface area (Å²) in [6.45, 7) is 0.244. The van der Waals surface area contributed by atoms with Crippen LogP contribution in [-0.2, 0) is 0 Å². The molecule has 16 heavy (non-hydrogen) atoms. The Morgan fingerprint density at radius 1 is 1.38 bits per heavy atom. The third kappa shape index (κ3) is 3.85. The molecule has 1 aromatic rings. The van der Waals surface area contributed by atoms with Crippen LogP contribution in [0.4, 0.5) is 5.69 Å². The van der Waals surface area contributed by atoms with Gasteiger partial charge in [-0.15, -0.1) is 11.6 Å². The van der Waals surface area contributed by atoms with Gasteiger partial charge in [-0.2, -0.15) is 0 Å². The van der Waals surface area contributed by atoms with Crippen molar-refractivity contribution in [3.05, 3.63) is 23.2 Å². The van der Waals surface area contributed by atoms with Crippen molar-refractivity contribution in [2.45, 2.75) is 6.10 Å². The predicted octanol–water partition coefficient (Wildman–Crippen LogP) is 0.0314. The van der Waals surface area contributed by atoms with Crippen molar-refractivity contribution in [2.24, 2.45) is 0 Å². The predicted molar refractivity (Wildman–Crippen MR) is 66.5 cm³/mol. The van der Waals surface area contributed by atoms with E-state index in [1.807, 2.05) is 0 Å². The zero-order chi connectivity index (χ0) is 12.1. The van der Waals surface area contributed by atoms with E-state index in [1.54, 1.807) is 6.07 Å². The van der Waals surface area contributed by atoms with Crippen LogP contribution in [0.1, 0.15) is 0 Å². The molecule has 0 radical (unpaired) electrons. The van der Waals surface area contributed by atoms with E-state index < -0.39 is 13.2 Å². The van der Waals surface area contributed by atoms with Gasteiger partial charge in [0.2, 0.25) is 0 Å². The van der Waals surface area contributed by atoms with Crippen LogP contribution in [0.2, 0.25) is 5.02 Å². The molecule has 4 nitrogen and oxygen atoms in total. The van der Waals surface area contributed by atoms with Crippen molar-refractivity contribution in [3.8, 4) is 0 Å². The first-order valence-electron chi connectivity index (χ1n) is 4.68. The highest BCUT2D eigenvalue weighted by molar-refractivity contribution is 6.58. The Hall–Kier alpha value is -0.455. The zero-order valence-corrected chi connectivity index (χ0v) is 9.91. The van der Waals surface area contributed by atoms with Gasteiger partial charge in [0.1, 0.15) is 0 Å². The fourth-order valence-corrected chi connectivity index (χ4v) is 1.41. The first-order chi connectivity index (χ1) is 7.54. The third-order valence-electron chi connectivity index (χ3n) is 1.99. The van der Waals surface area contributed by atoms with Gasteiger partial charge in [-0.05, 0) is 17.6 Å². The van der Waals surface area contributed by atoms with E-state index in [0.717, 1.165) is 0 Å². The molecule has 0 aliphatic heterocycles. The minimum absolute atomic E-state index is 0.118. The zero-order valence-electron chi connectivity index (χ0n) is 8.40. The molecular weight excluding hydrogens is 252 g/mol. The molecule has 0 saturated heterocycles. The summed E-state index contributed by atoms with van der Waals surface area (Å²) in [5, 5.41) is 30.5. The Balaban J connectivity index is 2.74. The first kappa shape index (κ1) is 13.6. The monoisotopic (exact) mass is 263 g/mol. The lowest BCUT2D eigenvalue weighted by Gasteiger charge is -2.12. The Morgan fingerprint density at radius 3 is 2.62 bits per heavy atom. The maximum atomic E-state index is 9.25. The lowest BCUT2D eigenvalue weighted by Crippen LogP contribution is -2.30. The van der Waals surface area contributed by atoms with Crippen LogP contribution in [0.3, 0.4) is 0 Å². The number of rotatable bonds is 5. The van der Waals surface area contributed by atoms with Crippen LogP contribution in [0.5, 0.6) is 0 Å². The van der Waals surface area contributed by atoms with Gasteiger partial charge in [0.05, 0.1) is 22.7 Å². The molecule has 7 heteroatoms. The average Bonchev–Trinajstić information content (AvgIpc) is 2.27. The fraction of sp³-hybridized carbons (Fsp3) is 0.333. The van der Waals surface area contributed by atoms with E-state index in [0.29, 0.717) is 16.2 Å². The summed E-state index contributed by atoms with van der Waals surface area (Å²) in [4.78, 5) is 0. The maximum absolute atomic E-state index is 9.25. The summed E-state index contributed by atoms with van der Waals surface area (Å²) in [7, 11) is -1.55. The van der Waals surface area contributed by atoms with E-state index in [2.05, 4.69) is 5.32 Å². The highest BCUT2D eigenvalue weighted by Crippen LogP contribution is 2.19. The molecular formula is C9H12BCl2NO3. The number of nitrogens with one attached hydrogen (secondary N) is 1.